The molecule has 0 aromatic heterocycles. The Labute approximate surface area is 124 Å². The Morgan fingerprint density at radius 1 is 1.15 bits per heavy atom. The van der Waals surface area contributed by atoms with Gasteiger partial charge in [0, 0.05) is 10.9 Å². The molecule has 0 bridgehead atoms. The van der Waals surface area contributed by atoms with Crippen molar-refractivity contribution in [2.24, 2.45) is 0 Å². The molecule has 0 aliphatic carbocycles. The van der Waals surface area contributed by atoms with E-state index >= 15 is 0 Å². The van der Waals surface area contributed by atoms with Crippen LogP contribution in [0, 0.1) is 0 Å². The summed E-state index contributed by atoms with van der Waals surface area (Å²) in [5.41, 5.74) is -0.464. The van der Waals surface area contributed by atoms with Crippen LogP contribution in [0.5, 0.6) is 5.75 Å². The maximum atomic E-state index is 11.6. The van der Waals surface area contributed by atoms with Crippen LogP contribution in [0.4, 0.5) is 0 Å². The van der Waals surface area contributed by atoms with Gasteiger partial charge in [0.15, 0.2) is 11.5 Å². The van der Waals surface area contributed by atoms with Gasteiger partial charge in [0.1, 0.15) is 22.9 Å². The largest absolute Gasteiger partial charge is 0.482 e. The second kappa shape index (κ2) is 6.53. The first-order valence-electron chi connectivity index (χ1n) is 7.06. The van der Waals surface area contributed by atoms with E-state index in [1.54, 1.807) is 0 Å². The number of carbonyl (C=O) groups excluding carboxylic acids is 1. The van der Waals surface area contributed by atoms with Crippen molar-refractivity contribution >= 4 is 16.9 Å². The van der Waals surface area contributed by atoms with Gasteiger partial charge in [-0.1, -0.05) is 0 Å². The van der Waals surface area contributed by atoms with Crippen LogP contribution in [-0.4, -0.2) is 29.7 Å². The van der Waals surface area contributed by atoms with Crippen LogP contribution in [0.2, 0.25) is 0 Å². The Bertz CT molecular complexity index is 442. The highest BCUT2D eigenvalue weighted by Crippen LogP contribution is 2.24. The van der Waals surface area contributed by atoms with Crippen LogP contribution in [0.1, 0.15) is 33.6 Å². The molecule has 2 rings (SSSR count). The molecule has 4 heteroatoms. The second-order valence-electron chi connectivity index (χ2n) is 5.95. The minimum absolute atomic E-state index is 0.0394. The van der Waals surface area contributed by atoms with Gasteiger partial charge in [0.2, 0.25) is 0 Å². The predicted molar refractivity (Wildman–Crippen MR) is 82.4 cm³/mol. The molecule has 1 aliphatic heterocycles. The van der Waals surface area contributed by atoms with Crippen LogP contribution >= 0.6 is 0 Å². The van der Waals surface area contributed by atoms with Crippen LogP contribution in [-0.2, 0) is 20.4 Å². The monoisotopic (exact) mass is 295 g/mol. The minimum Gasteiger partial charge on any atom is -0.482 e. The fourth-order valence-electron chi connectivity index (χ4n) is 2.13. The predicted octanol–water partition coefficient (Wildman–Crippen LogP) is 3.18. The molecular formula is C16H23O3S+. The third-order valence-electron chi connectivity index (χ3n) is 2.97. The van der Waals surface area contributed by atoms with Crippen molar-refractivity contribution in [3.05, 3.63) is 24.3 Å². The maximum Gasteiger partial charge on any atom is 0.344 e. The van der Waals surface area contributed by atoms with Gasteiger partial charge < -0.3 is 9.47 Å². The van der Waals surface area contributed by atoms with Crippen LogP contribution in [0.15, 0.2) is 29.2 Å². The lowest BCUT2D eigenvalue weighted by Crippen LogP contribution is -2.27. The van der Waals surface area contributed by atoms with Crippen molar-refractivity contribution in [1.29, 1.82) is 0 Å². The van der Waals surface area contributed by atoms with Crippen LogP contribution < -0.4 is 4.74 Å². The molecule has 0 amide bonds. The molecule has 1 saturated heterocycles. The molecule has 0 atom stereocenters. The Morgan fingerprint density at radius 3 is 2.30 bits per heavy atom. The lowest BCUT2D eigenvalue weighted by molar-refractivity contribution is -0.157. The molecule has 1 aromatic carbocycles. The van der Waals surface area contributed by atoms with E-state index in [0.717, 1.165) is 5.75 Å². The molecule has 110 valence electrons. The normalized spacial score (nSPS) is 16.1. The number of ether oxygens (including phenoxy) is 2. The Balaban J connectivity index is 1.83. The molecule has 1 heterocycles. The first-order valence-corrected chi connectivity index (χ1v) is 8.62. The minimum atomic E-state index is -0.464. The average Bonchev–Trinajstić information content (AvgIpc) is 2.89. The summed E-state index contributed by atoms with van der Waals surface area (Å²) in [6, 6.07) is 8.15. The van der Waals surface area contributed by atoms with E-state index in [2.05, 4.69) is 12.1 Å². The van der Waals surface area contributed by atoms with Crippen molar-refractivity contribution in [3.8, 4) is 5.75 Å². The third kappa shape index (κ3) is 4.75. The van der Waals surface area contributed by atoms with Gasteiger partial charge in [-0.25, -0.2) is 4.79 Å². The topological polar surface area (TPSA) is 35.5 Å². The van der Waals surface area contributed by atoms with Crippen molar-refractivity contribution in [2.75, 3.05) is 18.1 Å². The van der Waals surface area contributed by atoms with Crippen LogP contribution in [0.25, 0.3) is 0 Å². The Hall–Kier alpha value is -1.16. The van der Waals surface area contributed by atoms with Gasteiger partial charge in [0.25, 0.3) is 0 Å². The number of hydrogen-bond acceptors (Lipinski definition) is 3. The molecule has 1 aliphatic rings. The Kier molecular flexibility index (Phi) is 4.97. The molecule has 0 radical (unpaired) electrons. The van der Waals surface area contributed by atoms with Gasteiger partial charge in [-0.2, -0.15) is 0 Å². The highest BCUT2D eigenvalue weighted by molar-refractivity contribution is 7.97. The summed E-state index contributed by atoms with van der Waals surface area (Å²) >= 11 is 0. The summed E-state index contributed by atoms with van der Waals surface area (Å²) in [4.78, 5) is 13.0. The zero-order valence-electron chi connectivity index (χ0n) is 12.5. The Morgan fingerprint density at radius 2 is 1.75 bits per heavy atom. The lowest BCUT2D eigenvalue weighted by atomic mass is 10.2. The summed E-state index contributed by atoms with van der Waals surface area (Å²) in [7, 11) is 0.428. The van der Waals surface area contributed by atoms with Gasteiger partial charge in [-0.05, 0) is 57.9 Å². The van der Waals surface area contributed by atoms with Gasteiger partial charge >= 0.3 is 5.97 Å². The zero-order valence-corrected chi connectivity index (χ0v) is 13.3. The van der Waals surface area contributed by atoms with Crippen molar-refractivity contribution in [3.63, 3.8) is 0 Å². The summed E-state index contributed by atoms with van der Waals surface area (Å²) in [6.07, 6.45) is 2.69. The highest BCUT2D eigenvalue weighted by Gasteiger charge is 2.26. The SMILES string of the molecule is CC(C)(C)OC(=O)COc1ccc([S+]2CCCC2)cc1. The molecule has 0 saturated carbocycles. The van der Waals surface area contributed by atoms with E-state index in [4.69, 9.17) is 9.47 Å². The summed E-state index contributed by atoms with van der Waals surface area (Å²) in [5, 5.41) is 0. The smallest absolute Gasteiger partial charge is 0.344 e. The molecule has 0 unspecified atom stereocenters. The summed E-state index contributed by atoms with van der Waals surface area (Å²) < 4.78 is 10.7. The first-order chi connectivity index (χ1) is 9.44. The fraction of sp³-hybridized carbons (Fsp3) is 0.562. The average molecular weight is 295 g/mol. The maximum absolute atomic E-state index is 11.6. The third-order valence-corrected chi connectivity index (χ3v) is 5.47. The van der Waals surface area contributed by atoms with Gasteiger partial charge in [-0.3, -0.25) is 0 Å². The summed E-state index contributed by atoms with van der Waals surface area (Å²) in [5.74, 6) is 3.03. The number of hydrogen-bond donors (Lipinski definition) is 0. The van der Waals surface area contributed by atoms with Crippen molar-refractivity contribution in [1.82, 2.24) is 0 Å². The molecule has 1 aromatic rings. The summed E-state index contributed by atoms with van der Waals surface area (Å²) in [6.45, 7) is 5.51. The van der Waals surface area contributed by atoms with E-state index < -0.39 is 5.60 Å². The fourth-order valence-corrected chi connectivity index (χ4v) is 4.43. The van der Waals surface area contributed by atoms with E-state index in [0.29, 0.717) is 10.9 Å². The van der Waals surface area contributed by atoms with E-state index in [9.17, 15) is 4.79 Å². The number of benzene rings is 1. The van der Waals surface area contributed by atoms with E-state index in [1.165, 1.54) is 29.2 Å². The van der Waals surface area contributed by atoms with E-state index in [1.807, 2.05) is 32.9 Å². The second-order valence-corrected chi connectivity index (χ2v) is 8.23. The van der Waals surface area contributed by atoms with E-state index in [-0.39, 0.29) is 12.6 Å². The number of esters is 1. The lowest BCUT2D eigenvalue weighted by Gasteiger charge is -2.19. The molecular weight excluding hydrogens is 272 g/mol. The van der Waals surface area contributed by atoms with Gasteiger partial charge in [-0.15, -0.1) is 0 Å². The zero-order chi connectivity index (χ0) is 14.6. The first kappa shape index (κ1) is 15.2. The molecule has 20 heavy (non-hydrogen) atoms. The van der Waals surface area contributed by atoms with Gasteiger partial charge in [0.05, 0.1) is 0 Å². The molecule has 1 fully saturated rings. The number of carbonyl (C=O) groups is 1. The van der Waals surface area contributed by atoms with Crippen LogP contribution in [0.3, 0.4) is 0 Å². The molecule has 0 spiro atoms. The van der Waals surface area contributed by atoms with Crippen molar-refractivity contribution in [2.45, 2.75) is 44.1 Å². The molecule has 3 nitrogen and oxygen atoms in total. The highest BCUT2D eigenvalue weighted by atomic mass is 32.2. The standard InChI is InChI=1S/C16H23O3S/c1-16(2,3)19-15(17)12-18-13-6-8-14(9-7-13)20-10-4-5-11-20/h6-9H,4-5,10-12H2,1-3H3/q+1. The number of rotatable bonds is 4. The quantitative estimate of drug-likeness (QED) is 0.632. The van der Waals surface area contributed by atoms with Crippen molar-refractivity contribution < 1.29 is 14.3 Å². The molecule has 0 N–H and O–H groups in total.